The molecule has 0 spiro atoms. The van der Waals surface area contributed by atoms with E-state index in [1.54, 1.807) is 19.3 Å². The molecule has 0 bridgehead atoms. The molecule has 0 amide bonds. The molecule has 0 atom stereocenters. The first-order valence-electron chi connectivity index (χ1n) is 6.32. The molecule has 0 aliphatic heterocycles. The average Bonchev–Trinajstić information content (AvgIpc) is 3.10. The Balaban J connectivity index is 1.90. The minimum Gasteiger partial charge on any atom is -0.274 e. The second-order valence-corrected chi connectivity index (χ2v) is 6.59. The van der Waals surface area contributed by atoms with Gasteiger partial charge in [-0.05, 0) is 25.8 Å². The minimum atomic E-state index is -3.70. The lowest BCUT2D eigenvalue weighted by Gasteiger charge is -2.07. The maximum absolute atomic E-state index is 12.2. The summed E-state index contributed by atoms with van der Waals surface area (Å²) in [5, 5.41) is 3.87. The third-order valence-corrected chi connectivity index (χ3v) is 4.26. The maximum atomic E-state index is 12.2. The zero-order valence-electron chi connectivity index (χ0n) is 11.2. The van der Waals surface area contributed by atoms with Crippen LogP contribution < -0.4 is 4.72 Å². The summed E-state index contributed by atoms with van der Waals surface area (Å²) in [6.07, 6.45) is 3.71. The molecule has 1 aliphatic carbocycles. The van der Waals surface area contributed by atoms with Crippen LogP contribution in [0.25, 0.3) is 0 Å². The minimum absolute atomic E-state index is 0.0239. The topological polar surface area (TPSA) is 89.8 Å². The van der Waals surface area contributed by atoms with Gasteiger partial charge in [0.15, 0.2) is 5.03 Å². The number of hydrogen-bond donors (Lipinski definition) is 1. The van der Waals surface area contributed by atoms with Crippen LogP contribution >= 0.6 is 0 Å². The zero-order chi connectivity index (χ0) is 14.3. The van der Waals surface area contributed by atoms with Gasteiger partial charge in [0, 0.05) is 30.9 Å². The van der Waals surface area contributed by atoms with Gasteiger partial charge in [0.25, 0.3) is 10.0 Å². The van der Waals surface area contributed by atoms with Gasteiger partial charge in [-0.15, -0.1) is 0 Å². The SMILES string of the molecule is Cc1cc(NS(=O)(=O)c2ccn(C)n2)nc(C2CC2)n1. The monoisotopic (exact) mass is 293 g/mol. The van der Waals surface area contributed by atoms with Crippen molar-refractivity contribution in [2.45, 2.75) is 30.7 Å². The third kappa shape index (κ3) is 2.64. The highest BCUT2D eigenvalue weighted by Gasteiger charge is 2.27. The normalized spacial score (nSPS) is 15.3. The lowest BCUT2D eigenvalue weighted by Crippen LogP contribution is -2.16. The highest BCUT2D eigenvalue weighted by Crippen LogP contribution is 2.38. The van der Waals surface area contributed by atoms with Crippen molar-refractivity contribution in [1.82, 2.24) is 19.7 Å². The molecular weight excluding hydrogens is 278 g/mol. The maximum Gasteiger partial charge on any atom is 0.282 e. The fourth-order valence-electron chi connectivity index (χ4n) is 1.89. The van der Waals surface area contributed by atoms with Crippen LogP contribution in [0.1, 0.15) is 30.3 Å². The number of sulfonamides is 1. The summed E-state index contributed by atoms with van der Waals surface area (Å²) < 4.78 is 28.2. The summed E-state index contributed by atoms with van der Waals surface area (Å²) in [5.41, 5.74) is 0.751. The average molecular weight is 293 g/mol. The number of nitrogens with one attached hydrogen (secondary N) is 1. The first-order chi connectivity index (χ1) is 9.44. The number of hydrogen-bond acceptors (Lipinski definition) is 5. The molecular formula is C12H15N5O2S. The van der Waals surface area contributed by atoms with Crippen molar-refractivity contribution < 1.29 is 8.42 Å². The van der Waals surface area contributed by atoms with Gasteiger partial charge in [0.05, 0.1) is 0 Å². The number of aromatic nitrogens is 4. The Morgan fingerprint density at radius 3 is 2.70 bits per heavy atom. The fraction of sp³-hybridized carbons (Fsp3) is 0.417. The summed E-state index contributed by atoms with van der Waals surface area (Å²) >= 11 is 0. The first kappa shape index (κ1) is 13.0. The summed E-state index contributed by atoms with van der Waals surface area (Å²) in [6, 6.07) is 3.06. The van der Waals surface area contributed by atoms with Gasteiger partial charge >= 0.3 is 0 Å². The van der Waals surface area contributed by atoms with Crippen LogP contribution in [0.2, 0.25) is 0 Å². The molecule has 106 valence electrons. The molecule has 1 aliphatic rings. The molecule has 2 aromatic heterocycles. The molecule has 8 heteroatoms. The Labute approximate surface area is 117 Å². The number of aryl methyl sites for hydroxylation is 2. The van der Waals surface area contributed by atoms with Crippen LogP contribution in [0.4, 0.5) is 5.82 Å². The number of rotatable bonds is 4. The van der Waals surface area contributed by atoms with Crippen molar-refractivity contribution >= 4 is 15.8 Å². The van der Waals surface area contributed by atoms with Crippen LogP contribution in [0.15, 0.2) is 23.4 Å². The van der Waals surface area contributed by atoms with E-state index in [0.29, 0.717) is 17.6 Å². The van der Waals surface area contributed by atoms with Crippen molar-refractivity contribution in [2.24, 2.45) is 7.05 Å². The molecule has 0 radical (unpaired) electrons. The van der Waals surface area contributed by atoms with Gasteiger partial charge in [-0.3, -0.25) is 9.40 Å². The molecule has 1 N–H and O–H groups in total. The van der Waals surface area contributed by atoms with Crippen molar-refractivity contribution in [3.05, 3.63) is 29.8 Å². The molecule has 0 unspecified atom stereocenters. The second-order valence-electron chi connectivity index (χ2n) is 4.96. The van der Waals surface area contributed by atoms with Gasteiger partial charge in [0.2, 0.25) is 0 Å². The van der Waals surface area contributed by atoms with Gasteiger partial charge < -0.3 is 0 Å². The van der Waals surface area contributed by atoms with Crippen molar-refractivity contribution in [1.29, 1.82) is 0 Å². The lowest BCUT2D eigenvalue weighted by molar-refractivity contribution is 0.593. The summed E-state index contributed by atoms with van der Waals surface area (Å²) in [4.78, 5) is 8.61. The zero-order valence-corrected chi connectivity index (χ0v) is 12.1. The lowest BCUT2D eigenvalue weighted by atomic mass is 10.3. The highest BCUT2D eigenvalue weighted by atomic mass is 32.2. The highest BCUT2D eigenvalue weighted by molar-refractivity contribution is 7.92. The summed E-state index contributed by atoms with van der Waals surface area (Å²) in [6.45, 7) is 1.83. The standard InChI is InChI=1S/C12H15N5O2S/c1-8-7-10(14-12(13-8)9-3-4-9)16-20(18,19)11-5-6-17(2)15-11/h5-7,9H,3-4H2,1-2H3,(H,13,14,16). The van der Waals surface area contributed by atoms with E-state index in [1.807, 2.05) is 6.92 Å². The fourth-order valence-corrected chi connectivity index (χ4v) is 2.86. The molecule has 2 heterocycles. The van der Waals surface area contributed by atoms with E-state index in [4.69, 9.17) is 0 Å². The summed E-state index contributed by atoms with van der Waals surface area (Å²) in [5.74, 6) is 1.38. The predicted molar refractivity (Wildman–Crippen MR) is 72.8 cm³/mol. The third-order valence-electron chi connectivity index (χ3n) is 3.02. The Morgan fingerprint density at radius 2 is 2.10 bits per heavy atom. The summed E-state index contributed by atoms with van der Waals surface area (Å²) in [7, 11) is -2.04. The molecule has 2 aromatic rings. The van der Waals surface area contributed by atoms with Gasteiger partial charge in [-0.1, -0.05) is 0 Å². The van der Waals surface area contributed by atoms with Crippen LogP contribution in [0.5, 0.6) is 0 Å². The second kappa shape index (κ2) is 4.55. The van der Waals surface area contributed by atoms with E-state index in [0.717, 1.165) is 18.5 Å². The Kier molecular flexibility index (Phi) is 2.97. The van der Waals surface area contributed by atoms with E-state index in [9.17, 15) is 8.42 Å². The van der Waals surface area contributed by atoms with Crippen molar-refractivity contribution in [3.8, 4) is 0 Å². The molecule has 0 saturated heterocycles. The first-order valence-corrected chi connectivity index (χ1v) is 7.80. The van der Waals surface area contributed by atoms with Crippen molar-refractivity contribution in [3.63, 3.8) is 0 Å². The molecule has 20 heavy (non-hydrogen) atoms. The Morgan fingerprint density at radius 1 is 1.35 bits per heavy atom. The van der Waals surface area contributed by atoms with Crippen LogP contribution in [-0.4, -0.2) is 28.2 Å². The van der Waals surface area contributed by atoms with E-state index in [2.05, 4.69) is 19.8 Å². The van der Waals surface area contributed by atoms with E-state index in [1.165, 1.54) is 10.7 Å². The van der Waals surface area contributed by atoms with Crippen LogP contribution in [0, 0.1) is 6.92 Å². The van der Waals surface area contributed by atoms with E-state index in [-0.39, 0.29) is 5.03 Å². The Hall–Kier alpha value is -1.96. The molecule has 3 rings (SSSR count). The van der Waals surface area contributed by atoms with E-state index < -0.39 is 10.0 Å². The van der Waals surface area contributed by atoms with Gasteiger partial charge in [-0.2, -0.15) is 13.5 Å². The van der Waals surface area contributed by atoms with Crippen molar-refractivity contribution in [2.75, 3.05) is 4.72 Å². The Bertz CT molecular complexity index is 749. The van der Waals surface area contributed by atoms with Crippen LogP contribution in [0.3, 0.4) is 0 Å². The predicted octanol–water partition coefficient (Wildman–Crippen LogP) is 1.20. The molecule has 1 saturated carbocycles. The molecule has 7 nitrogen and oxygen atoms in total. The smallest absolute Gasteiger partial charge is 0.274 e. The van der Waals surface area contributed by atoms with E-state index >= 15 is 0 Å². The van der Waals surface area contributed by atoms with Crippen LogP contribution in [-0.2, 0) is 17.1 Å². The van der Waals surface area contributed by atoms with Gasteiger partial charge in [0.1, 0.15) is 11.6 Å². The number of anilines is 1. The molecule has 0 aromatic carbocycles. The van der Waals surface area contributed by atoms with Gasteiger partial charge in [-0.25, -0.2) is 9.97 Å². The quantitative estimate of drug-likeness (QED) is 0.914. The largest absolute Gasteiger partial charge is 0.282 e. The number of nitrogens with zero attached hydrogens (tertiary/aromatic N) is 4. The molecule has 1 fully saturated rings.